The molecule has 0 saturated heterocycles. The van der Waals surface area contributed by atoms with Crippen LogP contribution in [0, 0.1) is 12.8 Å². The van der Waals surface area contributed by atoms with Crippen LogP contribution >= 0.6 is 22.9 Å². The molecule has 0 aliphatic heterocycles. The first-order valence-corrected chi connectivity index (χ1v) is 8.34. The minimum atomic E-state index is -3.56. The van der Waals surface area contributed by atoms with Gasteiger partial charge >= 0.3 is 0 Å². The summed E-state index contributed by atoms with van der Waals surface area (Å²) in [6, 6.07) is 1.28. The minimum Gasteiger partial charge on any atom is -0.396 e. The lowest BCUT2D eigenvalue weighted by molar-refractivity contribution is 0.256. The highest BCUT2D eigenvalue weighted by Gasteiger charge is 2.24. The van der Waals surface area contributed by atoms with Crippen LogP contribution in [-0.4, -0.2) is 26.2 Å². The van der Waals surface area contributed by atoms with Crippen molar-refractivity contribution in [3.63, 3.8) is 0 Å². The molecule has 0 aliphatic carbocycles. The van der Waals surface area contributed by atoms with Gasteiger partial charge in [-0.15, -0.1) is 11.3 Å². The first-order chi connectivity index (χ1) is 8.27. The zero-order valence-electron chi connectivity index (χ0n) is 10.6. The third-order valence-electron chi connectivity index (χ3n) is 2.65. The summed E-state index contributed by atoms with van der Waals surface area (Å²) in [5.74, 6) is 0.114. The molecule has 0 saturated carbocycles. The molecule has 0 amide bonds. The van der Waals surface area contributed by atoms with E-state index in [0.29, 0.717) is 10.8 Å². The highest BCUT2D eigenvalue weighted by molar-refractivity contribution is 7.91. The maximum absolute atomic E-state index is 12.1. The summed E-state index contributed by atoms with van der Waals surface area (Å²) < 4.78 is 27.6. The molecule has 104 valence electrons. The fraction of sp³-hybridized carbons (Fsp3) is 0.636. The lowest BCUT2D eigenvalue weighted by atomic mass is 10.0. The molecule has 0 bridgehead atoms. The SMILES string of the molecule is Cc1cc(S(=O)(=O)NC(CCO)C(C)C)sc1Cl. The van der Waals surface area contributed by atoms with E-state index in [-0.39, 0.29) is 22.8 Å². The van der Waals surface area contributed by atoms with Gasteiger partial charge < -0.3 is 5.11 Å². The van der Waals surface area contributed by atoms with Crippen LogP contribution in [0.1, 0.15) is 25.8 Å². The van der Waals surface area contributed by atoms with Crippen LogP contribution in [0.5, 0.6) is 0 Å². The average Bonchev–Trinajstić information content (AvgIpc) is 2.59. The second-order valence-electron chi connectivity index (χ2n) is 4.51. The highest BCUT2D eigenvalue weighted by Crippen LogP contribution is 2.30. The van der Waals surface area contributed by atoms with Gasteiger partial charge in [-0.2, -0.15) is 0 Å². The van der Waals surface area contributed by atoms with Crippen LogP contribution < -0.4 is 4.72 Å². The molecule has 1 atom stereocenters. The molecule has 1 aromatic rings. The highest BCUT2D eigenvalue weighted by atomic mass is 35.5. The molecule has 0 fully saturated rings. The van der Waals surface area contributed by atoms with Crippen molar-refractivity contribution in [2.45, 2.75) is 37.4 Å². The zero-order valence-corrected chi connectivity index (χ0v) is 13.0. The molecule has 1 aromatic heterocycles. The van der Waals surface area contributed by atoms with Crippen molar-refractivity contribution in [2.24, 2.45) is 5.92 Å². The minimum absolute atomic E-state index is 0.0460. The summed E-state index contributed by atoms with van der Waals surface area (Å²) >= 11 is 6.93. The Morgan fingerprint density at radius 1 is 1.50 bits per heavy atom. The van der Waals surface area contributed by atoms with Crippen molar-refractivity contribution in [3.8, 4) is 0 Å². The number of rotatable bonds is 6. The van der Waals surface area contributed by atoms with Crippen LogP contribution in [0.2, 0.25) is 4.34 Å². The van der Waals surface area contributed by atoms with Crippen LogP contribution in [0.3, 0.4) is 0 Å². The van der Waals surface area contributed by atoms with Crippen molar-refractivity contribution in [2.75, 3.05) is 6.61 Å². The van der Waals surface area contributed by atoms with E-state index in [9.17, 15) is 8.42 Å². The number of thiophene rings is 1. The molecule has 0 radical (unpaired) electrons. The summed E-state index contributed by atoms with van der Waals surface area (Å²) in [5.41, 5.74) is 0.755. The number of aliphatic hydroxyl groups is 1. The number of sulfonamides is 1. The standard InChI is InChI=1S/C11H18ClNO3S2/c1-7(2)9(4-5-14)13-18(15,16)10-6-8(3)11(12)17-10/h6-7,9,13-14H,4-5H2,1-3H3. The van der Waals surface area contributed by atoms with Gasteiger partial charge in [0.05, 0.1) is 4.34 Å². The molecular weight excluding hydrogens is 294 g/mol. The van der Waals surface area contributed by atoms with E-state index in [0.717, 1.165) is 16.9 Å². The molecular formula is C11H18ClNO3S2. The molecule has 2 N–H and O–H groups in total. The Balaban J connectivity index is 2.93. The Morgan fingerprint density at radius 3 is 2.50 bits per heavy atom. The van der Waals surface area contributed by atoms with Gasteiger partial charge in [0.25, 0.3) is 0 Å². The van der Waals surface area contributed by atoms with E-state index in [1.807, 2.05) is 13.8 Å². The molecule has 7 heteroatoms. The summed E-state index contributed by atoms with van der Waals surface area (Å²) in [7, 11) is -3.56. The molecule has 1 rings (SSSR count). The number of aliphatic hydroxyl groups excluding tert-OH is 1. The first kappa shape index (κ1) is 15.9. The van der Waals surface area contributed by atoms with E-state index < -0.39 is 10.0 Å². The fourth-order valence-electron chi connectivity index (χ4n) is 1.49. The van der Waals surface area contributed by atoms with Crippen LogP contribution in [0.15, 0.2) is 10.3 Å². The molecule has 0 aliphatic rings. The summed E-state index contributed by atoms with van der Waals surface area (Å²) in [6.07, 6.45) is 0.398. The normalized spacial score (nSPS) is 14.1. The van der Waals surface area contributed by atoms with Crippen LogP contribution in [-0.2, 0) is 10.0 Å². The number of aryl methyl sites for hydroxylation is 1. The van der Waals surface area contributed by atoms with Crippen molar-refractivity contribution < 1.29 is 13.5 Å². The molecule has 1 heterocycles. The predicted molar refractivity (Wildman–Crippen MR) is 74.7 cm³/mol. The maximum Gasteiger partial charge on any atom is 0.250 e. The van der Waals surface area contributed by atoms with Crippen molar-refractivity contribution >= 4 is 33.0 Å². The smallest absolute Gasteiger partial charge is 0.250 e. The van der Waals surface area contributed by atoms with Gasteiger partial charge in [0.1, 0.15) is 4.21 Å². The Kier molecular flexibility index (Phi) is 5.61. The lowest BCUT2D eigenvalue weighted by Crippen LogP contribution is -2.38. The molecule has 18 heavy (non-hydrogen) atoms. The third kappa shape index (κ3) is 3.93. The van der Waals surface area contributed by atoms with Gasteiger partial charge in [0.15, 0.2) is 0 Å². The van der Waals surface area contributed by atoms with Crippen molar-refractivity contribution in [3.05, 3.63) is 16.0 Å². The van der Waals surface area contributed by atoms with E-state index in [4.69, 9.17) is 16.7 Å². The van der Waals surface area contributed by atoms with Gasteiger partial charge in [0, 0.05) is 12.6 Å². The third-order valence-corrected chi connectivity index (χ3v) is 6.17. The topological polar surface area (TPSA) is 66.4 Å². The largest absolute Gasteiger partial charge is 0.396 e. The zero-order chi connectivity index (χ0) is 13.9. The Hall–Kier alpha value is -0.140. The first-order valence-electron chi connectivity index (χ1n) is 5.67. The monoisotopic (exact) mass is 311 g/mol. The van der Waals surface area contributed by atoms with Gasteiger partial charge in [0.2, 0.25) is 10.0 Å². The second kappa shape index (κ2) is 6.34. The van der Waals surface area contributed by atoms with E-state index >= 15 is 0 Å². The van der Waals surface area contributed by atoms with Gasteiger partial charge in [-0.05, 0) is 30.9 Å². The number of nitrogens with one attached hydrogen (secondary N) is 1. The van der Waals surface area contributed by atoms with Crippen LogP contribution in [0.4, 0.5) is 0 Å². The number of hydrogen-bond acceptors (Lipinski definition) is 4. The summed E-state index contributed by atoms with van der Waals surface area (Å²) in [4.78, 5) is 0. The van der Waals surface area contributed by atoms with E-state index in [2.05, 4.69) is 4.72 Å². The summed E-state index contributed by atoms with van der Waals surface area (Å²) in [5, 5.41) is 8.95. The Morgan fingerprint density at radius 2 is 2.11 bits per heavy atom. The van der Waals surface area contributed by atoms with Crippen molar-refractivity contribution in [1.82, 2.24) is 4.72 Å². The number of hydrogen-bond donors (Lipinski definition) is 2. The molecule has 1 unspecified atom stereocenters. The molecule has 0 aromatic carbocycles. The Labute approximate surface area is 117 Å². The van der Waals surface area contributed by atoms with Gasteiger partial charge in [-0.3, -0.25) is 0 Å². The molecule has 0 spiro atoms. The summed E-state index contributed by atoms with van der Waals surface area (Å²) in [6.45, 7) is 5.55. The Bertz CT molecular complexity index is 477. The van der Waals surface area contributed by atoms with Crippen LogP contribution in [0.25, 0.3) is 0 Å². The quantitative estimate of drug-likeness (QED) is 0.847. The van der Waals surface area contributed by atoms with Crippen molar-refractivity contribution in [1.29, 1.82) is 0 Å². The average molecular weight is 312 g/mol. The number of halogens is 1. The van der Waals surface area contributed by atoms with E-state index in [1.165, 1.54) is 0 Å². The maximum atomic E-state index is 12.1. The molecule has 4 nitrogen and oxygen atoms in total. The predicted octanol–water partition coefficient (Wildman–Crippen LogP) is 2.40. The fourth-order valence-corrected chi connectivity index (χ4v) is 4.63. The second-order valence-corrected chi connectivity index (χ2v) is 8.10. The lowest BCUT2D eigenvalue weighted by Gasteiger charge is -2.20. The van der Waals surface area contributed by atoms with E-state index in [1.54, 1.807) is 13.0 Å². The van der Waals surface area contributed by atoms with Gasteiger partial charge in [-0.25, -0.2) is 13.1 Å². The van der Waals surface area contributed by atoms with Gasteiger partial charge in [-0.1, -0.05) is 25.4 Å².